The number of carbonyl (C=O) groups excluding carboxylic acids is 1. The molecule has 1 aromatic carbocycles. The number of nitrogens with zero attached hydrogens (tertiary/aromatic N) is 1. The van der Waals surface area contributed by atoms with Crippen LogP contribution in [0.2, 0.25) is 10.0 Å². The van der Waals surface area contributed by atoms with Crippen LogP contribution in [0.1, 0.15) is 0 Å². The fraction of sp³-hybridized carbons (Fsp3) is 0.100. The van der Waals surface area contributed by atoms with E-state index in [9.17, 15) is 14.7 Å². The molecule has 0 amide bonds. The van der Waals surface area contributed by atoms with E-state index in [1.165, 1.54) is 12.1 Å². The van der Waals surface area contributed by atoms with Gasteiger partial charge < -0.3 is 14.9 Å². The van der Waals surface area contributed by atoms with E-state index in [1.807, 2.05) is 0 Å². The molecule has 0 saturated carbocycles. The molecule has 94 valence electrons. The first-order chi connectivity index (χ1) is 8.47. The maximum absolute atomic E-state index is 11.8. The summed E-state index contributed by atoms with van der Waals surface area (Å²) in [6.45, 7) is 0. The second kappa shape index (κ2) is 5.17. The van der Waals surface area contributed by atoms with Crippen molar-refractivity contribution in [1.29, 1.82) is 0 Å². The van der Waals surface area contributed by atoms with Crippen LogP contribution in [0.5, 0.6) is 0 Å². The lowest BCUT2D eigenvalue weighted by Gasteiger charge is -2.05. The topological polar surface area (TPSA) is 85.9 Å². The summed E-state index contributed by atoms with van der Waals surface area (Å²) in [4.78, 5) is 28.6. The van der Waals surface area contributed by atoms with Crippen molar-refractivity contribution in [1.82, 2.24) is 9.97 Å². The van der Waals surface area contributed by atoms with Gasteiger partial charge in [0, 0.05) is 10.8 Å². The Morgan fingerprint density at radius 1 is 1.44 bits per heavy atom. The van der Waals surface area contributed by atoms with Crippen molar-refractivity contribution in [3.63, 3.8) is 0 Å². The molecule has 0 unspecified atom stereocenters. The molecule has 8 heteroatoms. The number of carbonyl (C=O) groups is 1. The van der Waals surface area contributed by atoms with Crippen LogP contribution in [0.15, 0.2) is 22.1 Å². The van der Waals surface area contributed by atoms with Crippen molar-refractivity contribution in [2.24, 2.45) is 0 Å². The van der Waals surface area contributed by atoms with Crippen molar-refractivity contribution >= 4 is 51.8 Å². The number of benzene rings is 1. The fourth-order valence-corrected chi connectivity index (χ4v) is 2.45. The Bertz CT molecular complexity index is 687. The van der Waals surface area contributed by atoms with Gasteiger partial charge in [-0.1, -0.05) is 35.0 Å². The maximum Gasteiger partial charge on any atom is 0.259 e. The van der Waals surface area contributed by atoms with Crippen molar-refractivity contribution in [2.75, 3.05) is 5.75 Å². The molecule has 0 aliphatic rings. The van der Waals surface area contributed by atoms with E-state index in [4.69, 9.17) is 23.2 Å². The molecule has 18 heavy (non-hydrogen) atoms. The molecule has 2 rings (SSSR count). The number of H-pyrrole nitrogens is 1. The van der Waals surface area contributed by atoms with E-state index in [1.54, 1.807) is 0 Å². The van der Waals surface area contributed by atoms with Gasteiger partial charge in [-0.05, 0) is 12.1 Å². The Kier molecular flexibility index (Phi) is 3.79. The zero-order valence-electron chi connectivity index (χ0n) is 8.70. The van der Waals surface area contributed by atoms with Gasteiger partial charge >= 0.3 is 0 Å². The molecule has 0 aliphatic heterocycles. The molecule has 0 fully saturated rings. The van der Waals surface area contributed by atoms with Crippen LogP contribution < -0.4 is 10.7 Å². The van der Waals surface area contributed by atoms with Crippen LogP contribution >= 0.6 is 35.0 Å². The highest BCUT2D eigenvalue weighted by molar-refractivity contribution is 7.99. The maximum atomic E-state index is 11.8. The van der Waals surface area contributed by atoms with E-state index in [0.29, 0.717) is 5.02 Å². The average molecular weight is 304 g/mol. The van der Waals surface area contributed by atoms with E-state index in [0.717, 1.165) is 11.8 Å². The van der Waals surface area contributed by atoms with Crippen molar-refractivity contribution in [3.05, 3.63) is 32.5 Å². The summed E-state index contributed by atoms with van der Waals surface area (Å²) in [5.74, 6) is -1.55. The Hall–Kier alpha value is -1.24. The van der Waals surface area contributed by atoms with E-state index in [2.05, 4.69) is 9.97 Å². The molecule has 2 aromatic rings. The molecule has 0 saturated heterocycles. The Morgan fingerprint density at radius 2 is 2.17 bits per heavy atom. The summed E-state index contributed by atoms with van der Waals surface area (Å²) in [5, 5.41) is 11.3. The zero-order chi connectivity index (χ0) is 13.3. The predicted octanol–water partition coefficient (Wildman–Crippen LogP) is 1.07. The molecule has 1 heterocycles. The van der Waals surface area contributed by atoms with Crippen LogP contribution in [0.4, 0.5) is 0 Å². The van der Waals surface area contributed by atoms with Crippen molar-refractivity contribution < 1.29 is 9.90 Å². The number of halogens is 2. The second-order valence-corrected chi connectivity index (χ2v) is 5.12. The molecule has 0 aliphatic carbocycles. The highest BCUT2D eigenvalue weighted by Crippen LogP contribution is 2.25. The first kappa shape index (κ1) is 13.2. The van der Waals surface area contributed by atoms with Gasteiger partial charge in [0.1, 0.15) is 0 Å². The number of carboxylic acids is 1. The molecule has 1 aromatic heterocycles. The molecule has 0 bridgehead atoms. The first-order valence-electron chi connectivity index (χ1n) is 4.69. The Morgan fingerprint density at radius 3 is 2.83 bits per heavy atom. The van der Waals surface area contributed by atoms with Crippen LogP contribution in [0.3, 0.4) is 0 Å². The third-order valence-electron chi connectivity index (χ3n) is 2.03. The van der Waals surface area contributed by atoms with Crippen molar-refractivity contribution in [2.45, 2.75) is 5.16 Å². The number of rotatable bonds is 3. The minimum atomic E-state index is -1.25. The normalized spacial score (nSPS) is 10.8. The van der Waals surface area contributed by atoms with E-state index in [-0.39, 0.29) is 26.8 Å². The number of aromatic amines is 1. The minimum Gasteiger partial charge on any atom is -0.549 e. The average Bonchev–Trinajstić information content (AvgIpc) is 2.28. The highest BCUT2D eigenvalue weighted by Gasteiger charge is 2.09. The Balaban J connectivity index is 2.55. The van der Waals surface area contributed by atoms with Crippen LogP contribution in [-0.4, -0.2) is 21.7 Å². The number of nitrogens with one attached hydrogen (secondary N) is 1. The van der Waals surface area contributed by atoms with Gasteiger partial charge in [-0.25, -0.2) is 4.98 Å². The number of hydrogen-bond donors (Lipinski definition) is 1. The lowest BCUT2D eigenvalue weighted by molar-refractivity contribution is -0.301. The third kappa shape index (κ3) is 2.77. The fourth-order valence-electron chi connectivity index (χ4n) is 1.34. The molecule has 0 spiro atoms. The van der Waals surface area contributed by atoms with Crippen LogP contribution in [-0.2, 0) is 4.79 Å². The van der Waals surface area contributed by atoms with Gasteiger partial charge in [-0.15, -0.1) is 0 Å². The number of aromatic nitrogens is 2. The van der Waals surface area contributed by atoms with E-state index >= 15 is 0 Å². The lowest BCUT2D eigenvalue weighted by Crippen LogP contribution is -2.24. The van der Waals surface area contributed by atoms with Crippen LogP contribution in [0.25, 0.3) is 10.9 Å². The third-order valence-corrected chi connectivity index (χ3v) is 3.39. The van der Waals surface area contributed by atoms with Gasteiger partial charge in [0.25, 0.3) is 5.56 Å². The molecular weight excluding hydrogens is 299 g/mol. The first-order valence-corrected chi connectivity index (χ1v) is 6.43. The quantitative estimate of drug-likeness (QED) is 0.677. The lowest BCUT2D eigenvalue weighted by atomic mass is 10.2. The molecule has 0 atom stereocenters. The summed E-state index contributed by atoms with van der Waals surface area (Å²) in [7, 11) is 0. The molecule has 0 radical (unpaired) electrons. The number of fused-ring (bicyclic) bond motifs is 1. The van der Waals surface area contributed by atoms with Gasteiger partial charge in [0.2, 0.25) is 0 Å². The van der Waals surface area contributed by atoms with Crippen LogP contribution in [0, 0.1) is 0 Å². The second-order valence-electron chi connectivity index (χ2n) is 3.32. The number of carboxylic acid groups (broad SMARTS) is 1. The highest BCUT2D eigenvalue weighted by atomic mass is 35.5. The molecule has 1 N–H and O–H groups in total. The van der Waals surface area contributed by atoms with Gasteiger partial charge in [0.15, 0.2) is 5.16 Å². The minimum absolute atomic E-state index is 0.168. The van der Waals surface area contributed by atoms with Crippen molar-refractivity contribution in [3.8, 4) is 0 Å². The van der Waals surface area contributed by atoms with E-state index < -0.39 is 11.5 Å². The summed E-state index contributed by atoms with van der Waals surface area (Å²) >= 11 is 12.6. The summed E-state index contributed by atoms with van der Waals surface area (Å²) in [5.41, 5.74) is -0.143. The van der Waals surface area contributed by atoms with Gasteiger partial charge in [0.05, 0.1) is 21.9 Å². The molecule has 5 nitrogen and oxygen atoms in total. The number of hydrogen-bond acceptors (Lipinski definition) is 5. The SMILES string of the molecule is O=C([O-])CSc1nc2c(Cl)cc(Cl)cc2c(=O)[nH]1. The molecular formula is C10H5Cl2N2O3S-. The number of thioether (sulfide) groups is 1. The number of aliphatic carboxylic acids is 1. The zero-order valence-corrected chi connectivity index (χ0v) is 11.0. The smallest absolute Gasteiger partial charge is 0.259 e. The summed E-state index contributed by atoms with van der Waals surface area (Å²) in [6, 6.07) is 2.91. The Labute approximate surface area is 115 Å². The summed E-state index contributed by atoms with van der Waals surface area (Å²) < 4.78 is 0. The van der Waals surface area contributed by atoms with Gasteiger partial charge in [-0.2, -0.15) is 0 Å². The standard InChI is InChI=1S/C10H6Cl2N2O3S/c11-4-1-5-8(6(12)2-4)13-10(14-9(5)17)18-3-7(15)16/h1-2H,3H2,(H,15,16)(H,13,14,17)/p-1. The van der Waals surface area contributed by atoms with Gasteiger partial charge in [-0.3, -0.25) is 4.79 Å². The summed E-state index contributed by atoms with van der Waals surface area (Å²) in [6.07, 6.45) is 0. The monoisotopic (exact) mass is 303 g/mol. The predicted molar refractivity (Wildman–Crippen MR) is 68.1 cm³/mol. The largest absolute Gasteiger partial charge is 0.549 e.